The fourth-order valence-corrected chi connectivity index (χ4v) is 5.16. The topological polar surface area (TPSA) is 129 Å². The highest BCUT2D eigenvalue weighted by Gasteiger charge is 2.27. The molecule has 1 fully saturated rings. The van der Waals surface area contributed by atoms with Gasteiger partial charge in [-0.3, -0.25) is 14.4 Å². The second-order valence-corrected chi connectivity index (χ2v) is 9.78. The van der Waals surface area contributed by atoms with E-state index in [4.69, 9.17) is 4.74 Å². The first-order valence-corrected chi connectivity index (χ1v) is 12.0. The monoisotopic (exact) mass is 484 g/mol. The van der Waals surface area contributed by atoms with Crippen molar-refractivity contribution in [3.05, 3.63) is 70.5 Å². The van der Waals surface area contributed by atoms with Crippen LogP contribution in [-0.4, -0.2) is 74.3 Å². The summed E-state index contributed by atoms with van der Waals surface area (Å²) in [6, 6.07) is 14.2. The van der Waals surface area contributed by atoms with Crippen LogP contribution in [0.1, 0.15) is 10.4 Å². The first-order chi connectivity index (χ1) is 16.3. The lowest BCUT2D eigenvalue weighted by atomic mass is 10.1. The Labute approximate surface area is 196 Å². The lowest BCUT2D eigenvalue weighted by molar-refractivity contribution is -0.116. The summed E-state index contributed by atoms with van der Waals surface area (Å²) in [5.74, 6) is -0.994. The molecule has 0 spiro atoms. The van der Waals surface area contributed by atoms with E-state index in [-0.39, 0.29) is 35.5 Å². The average Bonchev–Trinajstić information content (AvgIpc) is 2.83. The number of nitrogens with zero attached hydrogens (tertiary/aromatic N) is 2. The number of hydrogen-bond donors (Lipinski definition) is 2. The molecular weight excluding hydrogens is 460 g/mol. The number of rotatable bonds is 6. The number of likely N-dealkylation sites (N-methyl/N-ethyl adjacent to an activating group) is 1. The third-order valence-electron chi connectivity index (χ3n) is 5.44. The number of carbonyl (C=O) groups is 2. The zero-order chi connectivity index (χ0) is 24.3. The standard InChI is InChI=1S/C23H24N4O6S/c1-26(15-22(29)24-16-5-3-2-4-6-16)23(30)19-14-21(28)25-20-8-7-17(13-18(19)20)34(31,32)27-9-11-33-12-10-27/h2-8,13-14H,9-12,15H2,1H3,(H,24,29)(H,25,28). The highest BCUT2D eigenvalue weighted by atomic mass is 32.2. The van der Waals surface area contributed by atoms with Gasteiger partial charge in [-0.25, -0.2) is 8.42 Å². The lowest BCUT2D eigenvalue weighted by Crippen LogP contribution is -2.40. The highest BCUT2D eigenvalue weighted by Crippen LogP contribution is 2.24. The number of pyridine rings is 1. The van der Waals surface area contributed by atoms with Gasteiger partial charge in [-0.05, 0) is 30.3 Å². The number of aromatic nitrogens is 1. The van der Waals surface area contributed by atoms with E-state index in [0.717, 1.165) is 6.07 Å². The van der Waals surface area contributed by atoms with Crippen LogP contribution >= 0.6 is 0 Å². The Morgan fingerprint density at radius 3 is 2.50 bits per heavy atom. The van der Waals surface area contributed by atoms with Gasteiger partial charge in [-0.1, -0.05) is 18.2 Å². The molecule has 0 radical (unpaired) electrons. The summed E-state index contributed by atoms with van der Waals surface area (Å²) in [6.07, 6.45) is 0. The number of H-pyrrole nitrogens is 1. The molecule has 11 heteroatoms. The maximum absolute atomic E-state index is 13.2. The third-order valence-corrected chi connectivity index (χ3v) is 7.33. The molecule has 1 aromatic heterocycles. The van der Waals surface area contributed by atoms with Crippen molar-refractivity contribution in [2.45, 2.75) is 4.90 Å². The van der Waals surface area contributed by atoms with E-state index >= 15 is 0 Å². The third kappa shape index (κ3) is 5.01. The Bertz CT molecular complexity index is 1380. The van der Waals surface area contributed by atoms with Crippen LogP contribution in [0.2, 0.25) is 0 Å². The average molecular weight is 485 g/mol. The van der Waals surface area contributed by atoms with Crippen molar-refractivity contribution >= 4 is 38.4 Å². The molecule has 10 nitrogen and oxygen atoms in total. The molecule has 178 valence electrons. The van der Waals surface area contributed by atoms with Crippen LogP contribution in [0.4, 0.5) is 5.69 Å². The van der Waals surface area contributed by atoms with E-state index in [1.807, 2.05) is 6.07 Å². The molecule has 1 aliphatic heterocycles. The minimum Gasteiger partial charge on any atom is -0.379 e. The summed E-state index contributed by atoms with van der Waals surface area (Å²) < 4.78 is 32.7. The number of nitrogens with one attached hydrogen (secondary N) is 2. The molecule has 0 bridgehead atoms. The number of anilines is 1. The summed E-state index contributed by atoms with van der Waals surface area (Å²) in [5, 5.41) is 2.97. The molecule has 0 aliphatic carbocycles. The SMILES string of the molecule is CN(CC(=O)Nc1ccccc1)C(=O)c1cc(=O)[nH]c2ccc(S(=O)(=O)N3CCOCC3)cc12. The van der Waals surface area contributed by atoms with Gasteiger partial charge in [-0.15, -0.1) is 0 Å². The number of sulfonamides is 1. The number of carbonyl (C=O) groups excluding carboxylic acids is 2. The van der Waals surface area contributed by atoms with E-state index in [2.05, 4.69) is 10.3 Å². The summed E-state index contributed by atoms with van der Waals surface area (Å²) in [5.41, 5.74) is 0.404. The van der Waals surface area contributed by atoms with Crippen molar-refractivity contribution in [1.29, 1.82) is 0 Å². The van der Waals surface area contributed by atoms with Gasteiger partial charge in [0.05, 0.1) is 30.2 Å². The predicted molar refractivity (Wildman–Crippen MR) is 126 cm³/mol. The van der Waals surface area contributed by atoms with Crippen LogP contribution in [0.5, 0.6) is 0 Å². The molecule has 1 saturated heterocycles. The number of aromatic amines is 1. The lowest BCUT2D eigenvalue weighted by Gasteiger charge is -2.26. The second-order valence-electron chi connectivity index (χ2n) is 7.85. The van der Waals surface area contributed by atoms with Gasteiger partial charge >= 0.3 is 0 Å². The molecule has 0 saturated carbocycles. The largest absolute Gasteiger partial charge is 0.379 e. The smallest absolute Gasteiger partial charge is 0.254 e. The Morgan fingerprint density at radius 1 is 1.09 bits per heavy atom. The van der Waals surface area contributed by atoms with Gasteiger partial charge in [-0.2, -0.15) is 4.31 Å². The van der Waals surface area contributed by atoms with E-state index < -0.39 is 27.4 Å². The van der Waals surface area contributed by atoms with Crippen molar-refractivity contribution < 1.29 is 22.7 Å². The fraction of sp³-hybridized carbons (Fsp3) is 0.261. The Hall–Kier alpha value is -3.54. The maximum Gasteiger partial charge on any atom is 0.254 e. The van der Waals surface area contributed by atoms with Crippen LogP contribution < -0.4 is 10.9 Å². The number of morpholine rings is 1. The number of amides is 2. The van der Waals surface area contributed by atoms with Crippen molar-refractivity contribution in [2.24, 2.45) is 0 Å². The van der Waals surface area contributed by atoms with Crippen molar-refractivity contribution in [3.8, 4) is 0 Å². The summed E-state index contributed by atoms with van der Waals surface area (Å²) in [6.45, 7) is 0.821. The molecule has 1 aliphatic rings. The quantitative estimate of drug-likeness (QED) is 0.542. The molecular formula is C23H24N4O6S. The minimum absolute atomic E-state index is 0.00692. The molecule has 2 amide bonds. The number of fused-ring (bicyclic) bond motifs is 1. The summed E-state index contributed by atoms with van der Waals surface area (Å²) >= 11 is 0. The number of hydrogen-bond acceptors (Lipinski definition) is 6. The molecule has 0 atom stereocenters. The van der Waals surface area contributed by atoms with Crippen LogP contribution in [-0.2, 0) is 19.6 Å². The van der Waals surface area contributed by atoms with Crippen LogP contribution in [0.25, 0.3) is 10.9 Å². The number of para-hydroxylation sites is 1. The van der Waals surface area contributed by atoms with Gasteiger partial charge in [0.25, 0.3) is 5.91 Å². The van der Waals surface area contributed by atoms with Gasteiger partial charge in [0.2, 0.25) is 21.5 Å². The van der Waals surface area contributed by atoms with Crippen molar-refractivity contribution in [3.63, 3.8) is 0 Å². The maximum atomic E-state index is 13.2. The zero-order valence-electron chi connectivity index (χ0n) is 18.5. The number of benzene rings is 2. The fourth-order valence-electron chi connectivity index (χ4n) is 3.72. The molecule has 0 unspecified atom stereocenters. The number of ether oxygens (including phenoxy) is 1. The van der Waals surface area contributed by atoms with E-state index in [0.29, 0.717) is 24.4 Å². The molecule has 2 heterocycles. The highest BCUT2D eigenvalue weighted by molar-refractivity contribution is 7.89. The van der Waals surface area contributed by atoms with Crippen LogP contribution in [0.3, 0.4) is 0 Å². The first-order valence-electron chi connectivity index (χ1n) is 10.6. The minimum atomic E-state index is -3.81. The molecule has 4 rings (SSSR count). The van der Waals surface area contributed by atoms with Gasteiger partial charge in [0.1, 0.15) is 0 Å². The molecule has 34 heavy (non-hydrogen) atoms. The summed E-state index contributed by atoms with van der Waals surface area (Å²) in [4.78, 5) is 41.5. The van der Waals surface area contributed by atoms with Gasteiger partial charge in [0.15, 0.2) is 0 Å². The predicted octanol–water partition coefficient (Wildman–Crippen LogP) is 1.26. The van der Waals surface area contributed by atoms with E-state index in [1.54, 1.807) is 24.3 Å². The van der Waals surface area contributed by atoms with Crippen LogP contribution in [0.15, 0.2) is 64.3 Å². The Kier molecular flexibility index (Phi) is 6.77. The second kappa shape index (κ2) is 9.75. The van der Waals surface area contributed by atoms with Crippen molar-refractivity contribution in [2.75, 3.05) is 45.2 Å². The van der Waals surface area contributed by atoms with E-state index in [9.17, 15) is 22.8 Å². The molecule has 3 aromatic rings. The normalized spacial score (nSPS) is 14.6. The summed E-state index contributed by atoms with van der Waals surface area (Å²) in [7, 11) is -2.37. The molecule has 2 aromatic carbocycles. The first kappa shape index (κ1) is 23.6. The van der Waals surface area contributed by atoms with Crippen LogP contribution in [0, 0.1) is 0 Å². The Morgan fingerprint density at radius 2 is 1.79 bits per heavy atom. The zero-order valence-corrected chi connectivity index (χ0v) is 19.3. The molecule has 2 N–H and O–H groups in total. The van der Waals surface area contributed by atoms with Gasteiger partial charge in [0, 0.05) is 42.8 Å². The Balaban J connectivity index is 1.63. The van der Waals surface area contributed by atoms with E-state index in [1.165, 1.54) is 34.5 Å². The van der Waals surface area contributed by atoms with Crippen molar-refractivity contribution in [1.82, 2.24) is 14.2 Å². The van der Waals surface area contributed by atoms with Gasteiger partial charge < -0.3 is 19.9 Å².